The van der Waals surface area contributed by atoms with Crippen LogP contribution in [0.1, 0.15) is 44.0 Å². The van der Waals surface area contributed by atoms with Crippen molar-refractivity contribution in [2.24, 2.45) is 0 Å². The molecule has 1 aliphatic heterocycles. The lowest BCUT2D eigenvalue weighted by Crippen LogP contribution is -2.39. The second-order valence-electron chi connectivity index (χ2n) is 6.30. The number of nitrogens with zero attached hydrogens (tertiary/aromatic N) is 1. The van der Waals surface area contributed by atoms with Crippen LogP contribution in [0, 0.1) is 0 Å². The number of hydrogen-bond acceptors (Lipinski definition) is 5. The van der Waals surface area contributed by atoms with E-state index in [1.807, 2.05) is 26.0 Å². The number of benzene rings is 1. The van der Waals surface area contributed by atoms with Gasteiger partial charge in [0.25, 0.3) is 0 Å². The zero-order chi connectivity index (χ0) is 18.1. The van der Waals surface area contributed by atoms with Gasteiger partial charge in [-0.15, -0.1) is 0 Å². The van der Waals surface area contributed by atoms with Crippen LogP contribution in [0.5, 0.6) is 5.75 Å². The number of ether oxygens (including phenoxy) is 3. The van der Waals surface area contributed by atoms with E-state index in [2.05, 4.69) is 11.8 Å². The Morgan fingerprint density at radius 1 is 1.12 bits per heavy atom. The van der Waals surface area contributed by atoms with Crippen molar-refractivity contribution in [3.05, 3.63) is 29.8 Å². The van der Waals surface area contributed by atoms with Gasteiger partial charge >= 0.3 is 0 Å². The summed E-state index contributed by atoms with van der Waals surface area (Å²) < 4.78 is 17.8. The lowest BCUT2D eigenvalue weighted by molar-refractivity contribution is -0.0536. The molecule has 1 saturated heterocycles. The van der Waals surface area contributed by atoms with Gasteiger partial charge in [0.05, 0.1) is 12.7 Å². The molecule has 0 saturated carbocycles. The van der Waals surface area contributed by atoms with E-state index in [4.69, 9.17) is 14.2 Å². The van der Waals surface area contributed by atoms with Gasteiger partial charge in [-0.2, -0.15) is 0 Å². The zero-order valence-corrected chi connectivity index (χ0v) is 15.6. The molecular formula is C20H31NO4. The first kappa shape index (κ1) is 19.9. The topological polar surface area (TPSA) is 48.0 Å². The SMILES string of the molecule is CCCN1C[C@@H](OCC)[C@@H](OCC)[C@@H]1CCOc1ccc(C=O)cc1. The molecule has 0 aromatic heterocycles. The van der Waals surface area contributed by atoms with Crippen molar-refractivity contribution in [1.82, 2.24) is 4.90 Å². The highest BCUT2D eigenvalue weighted by Gasteiger charge is 2.42. The van der Waals surface area contributed by atoms with Gasteiger partial charge in [0, 0.05) is 31.4 Å². The third-order valence-corrected chi connectivity index (χ3v) is 4.58. The molecular weight excluding hydrogens is 318 g/mol. The minimum absolute atomic E-state index is 0.0949. The molecule has 2 rings (SSSR count). The third kappa shape index (κ3) is 5.53. The molecule has 25 heavy (non-hydrogen) atoms. The number of rotatable bonds is 11. The van der Waals surface area contributed by atoms with Crippen LogP contribution >= 0.6 is 0 Å². The molecule has 0 bridgehead atoms. The lowest BCUT2D eigenvalue weighted by atomic mass is 10.1. The second-order valence-corrected chi connectivity index (χ2v) is 6.30. The van der Waals surface area contributed by atoms with Crippen LogP contribution < -0.4 is 4.74 Å². The van der Waals surface area contributed by atoms with Crippen molar-refractivity contribution in [2.75, 3.05) is 32.9 Å². The molecule has 0 N–H and O–H groups in total. The first-order valence-electron chi connectivity index (χ1n) is 9.38. The van der Waals surface area contributed by atoms with Gasteiger partial charge < -0.3 is 14.2 Å². The molecule has 0 aliphatic carbocycles. The molecule has 140 valence electrons. The fourth-order valence-electron chi connectivity index (χ4n) is 3.53. The first-order chi connectivity index (χ1) is 12.2. The van der Waals surface area contributed by atoms with Gasteiger partial charge in [0.2, 0.25) is 0 Å². The predicted molar refractivity (Wildman–Crippen MR) is 98.4 cm³/mol. The lowest BCUT2D eigenvalue weighted by Gasteiger charge is -2.28. The Kier molecular flexibility index (Phi) is 8.38. The smallest absolute Gasteiger partial charge is 0.150 e. The van der Waals surface area contributed by atoms with E-state index in [0.29, 0.717) is 31.4 Å². The summed E-state index contributed by atoms with van der Waals surface area (Å²) in [6.07, 6.45) is 3.07. The highest BCUT2D eigenvalue weighted by atomic mass is 16.5. The maximum absolute atomic E-state index is 10.7. The van der Waals surface area contributed by atoms with Crippen molar-refractivity contribution in [2.45, 2.75) is 51.9 Å². The molecule has 1 fully saturated rings. The molecule has 0 unspecified atom stereocenters. The average molecular weight is 349 g/mol. The second kappa shape index (κ2) is 10.5. The molecule has 1 aromatic carbocycles. The average Bonchev–Trinajstić information content (AvgIpc) is 2.94. The molecule has 1 aliphatic rings. The fraction of sp³-hybridized carbons (Fsp3) is 0.650. The molecule has 5 nitrogen and oxygen atoms in total. The Bertz CT molecular complexity index is 505. The minimum atomic E-state index is 0.0949. The normalized spacial score (nSPS) is 23.7. The molecule has 1 heterocycles. The van der Waals surface area contributed by atoms with Crippen molar-refractivity contribution < 1.29 is 19.0 Å². The Morgan fingerprint density at radius 3 is 2.44 bits per heavy atom. The standard InChI is InChI=1S/C20H31NO4/c1-4-12-21-14-19(23-5-2)20(24-6-3)18(21)11-13-25-17-9-7-16(15-22)8-10-17/h7-10,15,18-20H,4-6,11-14H2,1-3H3/t18-,19+,20-/m0/s1. The predicted octanol–water partition coefficient (Wildman–Crippen LogP) is 3.17. The van der Waals surface area contributed by atoms with E-state index in [9.17, 15) is 4.79 Å². The largest absolute Gasteiger partial charge is 0.494 e. The number of likely N-dealkylation sites (tertiary alicyclic amines) is 1. The third-order valence-electron chi connectivity index (χ3n) is 4.58. The maximum Gasteiger partial charge on any atom is 0.150 e. The van der Waals surface area contributed by atoms with Crippen molar-refractivity contribution in [1.29, 1.82) is 0 Å². The van der Waals surface area contributed by atoms with Crippen LogP contribution in [0.4, 0.5) is 0 Å². The summed E-state index contributed by atoms with van der Waals surface area (Å²) in [6.45, 7) is 10.3. The highest BCUT2D eigenvalue weighted by Crippen LogP contribution is 2.27. The summed E-state index contributed by atoms with van der Waals surface area (Å²) >= 11 is 0. The fourth-order valence-corrected chi connectivity index (χ4v) is 3.53. The van der Waals surface area contributed by atoms with Gasteiger partial charge in [-0.1, -0.05) is 6.92 Å². The molecule has 1 aromatic rings. The van der Waals surface area contributed by atoms with Crippen molar-refractivity contribution >= 4 is 6.29 Å². The minimum Gasteiger partial charge on any atom is -0.494 e. The molecule has 0 amide bonds. The summed E-state index contributed by atoms with van der Waals surface area (Å²) in [5.41, 5.74) is 0.660. The summed E-state index contributed by atoms with van der Waals surface area (Å²) in [7, 11) is 0. The monoisotopic (exact) mass is 349 g/mol. The Labute approximate surface area is 151 Å². The molecule has 0 spiro atoms. The van der Waals surface area contributed by atoms with Crippen LogP contribution in [0.15, 0.2) is 24.3 Å². The van der Waals surface area contributed by atoms with Gasteiger partial charge in [0.1, 0.15) is 18.1 Å². The Balaban J connectivity index is 1.95. The van der Waals surface area contributed by atoms with Gasteiger partial charge in [-0.3, -0.25) is 9.69 Å². The van der Waals surface area contributed by atoms with E-state index in [0.717, 1.165) is 38.0 Å². The molecule has 3 atom stereocenters. The summed E-state index contributed by atoms with van der Waals surface area (Å²) in [5.74, 6) is 0.792. The van der Waals surface area contributed by atoms with E-state index < -0.39 is 0 Å². The van der Waals surface area contributed by atoms with Gasteiger partial charge in [0.15, 0.2) is 0 Å². The van der Waals surface area contributed by atoms with Crippen LogP contribution in [0.3, 0.4) is 0 Å². The molecule has 5 heteroatoms. The van der Waals surface area contributed by atoms with Gasteiger partial charge in [-0.05, 0) is 57.5 Å². The Hall–Kier alpha value is -1.43. The van der Waals surface area contributed by atoms with Crippen molar-refractivity contribution in [3.63, 3.8) is 0 Å². The quantitative estimate of drug-likeness (QED) is 0.574. The highest BCUT2D eigenvalue weighted by molar-refractivity contribution is 5.74. The maximum atomic E-state index is 10.7. The van der Waals surface area contributed by atoms with E-state index in [1.165, 1.54) is 0 Å². The number of carbonyl (C=O) groups excluding carboxylic acids is 1. The van der Waals surface area contributed by atoms with E-state index in [-0.39, 0.29) is 12.2 Å². The van der Waals surface area contributed by atoms with Crippen LogP contribution in [0.25, 0.3) is 0 Å². The van der Waals surface area contributed by atoms with Crippen LogP contribution in [-0.2, 0) is 9.47 Å². The Morgan fingerprint density at radius 2 is 1.84 bits per heavy atom. The van der Waals surface area contributed by atoms with E-state index >= 15 is 0 Å². The van der Waals surface area contributed by atoms with Gasteiger partial charge in [-0.25, -0.2) is 0 Å². The number of carbonyl (C=O) groups is 1. The number of aldehydes is 1. The van der Waals surface area contributed by atoms with Crippen LogP contribution in [-0.4, -0.2) is 62.3 Å². The summed E-state index contributed by atoms with van der Waals surface area (Å²) in [6, 6.07) is 7.53. The van der Waals surface area contributed by atoms with E-state index in [1.54, 1.807) is 12.1 Å². The molecule has 0 radical (unpaired) electrons. The van der Waals surface area contributed by atoms with Crippen LogP contribution in [0.2, 0.25) is 0 Å². The summed E-state index contributed by atoms with van der Waals surface area (Å²) in [5, 5.41) is 0. The number of hydrogen-bond donors (Lipinski definition) is 0. The first-order valence-corrected chi connectivity index (χ1v) is 9.38. The van der Waals surface area contributed by atoms with Crippen molar-refractivity contribution in [3.8, 4) is 5.75 Å². The zero-order valence-electron chi connectivity index (χ0n) is 15.6. The summed E-state index contributed by atoms with van der Waals surface area (Å²) in [4.78, 5) is 13.2.